The summed E-state index contributed by atoms with van der Waals surface area (Å²) in [5.74, 6) is 0.842. The number of ether oxygens (including phenoxy) is 2. The van der Waals surface area contributed by atoms with Crippen LogP contribution < -0.4 is 14.8 Å². The molecule has 0 atom stereocenters. The lowest BCUT2D eigenvalue weighted by molar-refractivity contribution is -0.137. The van der Waals surface area contributed by atoms with Crippen molar-refractivity contribution in [3.63, 3.8) is 0 Å². The van der Waals surface area contributed by atoms with Gasteiger partial charge in [-0.25, -0.2) is 0 Å². The Morgan fingerprint density at radius 1 is 0.839 bits per heavy atom. The van der Waals surface area contributed by atoms with Gasteiger partial charge < -0.3 is 14.8 Å². The average Bonchev–Trinajstić information content (AvgIpc) is 3.05. The molecule has 158 valence electrons. The molecular formula is C24H18F3NO3. The van der Waals surface area contributed by atoms with Crippen LogP contribution in [0.1, 0.15) is 27.0 Å². The Hall–Kier alpha value is -3.74. The Kier molecular flexibility index (Phi) is 5.19. The Balaban J connectivity index is 1.86. The first-order chi connectivity index (χ1) is 14.8. The van der Waals surface area contributed by atoms with Crippen LogP contribution in [0, 0.1) is 0 Å². The first kappa shape index (κ1) is 20.5. The summed E-state index contributed by atoms with van der Waals surface area (Å²) in [5.41, 5.74) is 2.09. The predicted octanol–water partition coefficient (Wildman–Crippen LogP) is 5.90. The summed E-state index contributed by atoms with van der Waals surface area (Å²) in [6, 6.07) is 16.8. The van der Waals surface area contributed by atoms with E-state index in [1.54, 1.807) is 42.5 Å². The molecule has 0 radical (unpaired) electrons. The molecule has 1 aliphatic rings. The third kappa shape index (κ3) is 3.74. The molecule has 0 aromatic heterocycles. The third-order valence-electron chi connectivity index (χ3n) is 5.09. The van der Waals surface area contributed by atoms with E-state index in [1.807, 2.05) is 0 Å². The predicted molar refractivity (Wildman–Crippen MR) is 112 cm³/mol. The molecule has 0 bridgehead atoms. The number of halogens is 3. The van der Waals surface area contributed by atoms with E-state index in [0.29, 0.717) is 45.1 Å². The van der Waals surface area contributed by atoms with Gasteiger partial charge in [-0.15, -0.1) is 0 Å². The Labute approximate surface area is 176 Å². The molecule has 3 aromatic carbocycles. The summed E-state index contributed by atoms with van der Waals surface area (Å²) in [7, 11) is 3.05. The highest BCUT2D eigenvalue weighted by atomic mass is 19.4. The van der Waals surface area contributed by atoms with Crippen molar-refractivity contribution >= 4 is 22.7 Å². The van der Waals surface area contributed by atoms with Crippen LogP contribution in [0.3, 0.4) is 0 Å². The Morgan fingerprint density at radius 3 is 2.13 bits per heavy atom. The Morgan fingerprint density at radius 2 is 1.52 bits per heavy atom. The maximum Gasteiger partial charge on any atom is 0.416 e. The van der Waals surface area contributed by atoms with Crippen LogP contribution in [-0.2, 0) is 6.18 Å². The van der Waals surface area contributed by atoms with Crippen LogP contribution in [0.5, 0.6) is 11.5 Å². The standard InChI is InChI=1S/C24H18F3NO3/c1-30-16-11-12-20(31-2)19(13-16)28-22-17-5-3-4-6-18(17)23(29)21(22)14-7-9-15(10-8-14)24(25,26)27/h3-13,28H,1-2H3. The van der Waals surface area contributed by atoms with Crippen molar-refractivity contribution in [2.75, 3.05) is 19.5 Å². The molecule has 1 aliphatic carbocycles. The number of ketones is 1. The number of carbonyl (C=O) groups excluding carboxylic acids is 1. The summed E-state index contributed by atoms with van der Waals surface area (Å²) in [4.78, 5) is 13.2. The van der Waals surface area contributed by atoms with E-state index in [4.69, 9.17) is 9.47 Å². The zero-order valence-corrected chi connectivity index (χ0v) is 16.7. The number of alkyl halides is 3. The van der Waals surface area contributed by atoms with Crippen molar-refractivity contribution in [1.82, 2.24) is 0 Å². The average molecular weight is 425 g/mol. The second-order valence-corrected chi connectivity index (χ2v) is 6.89. The number of fused-ring (bicyclic) bond motifs is 1. The van der Waals surface area contributed by atoms with E-state index in [9.17, 15) is 18.0 Å². The third-order valence-corrected chi connectivity index (χ3v) is 5.09. The fourth-order valence-electron chi connectivity index (χ4n) is 3.56. The molecule has 31 heavy (non-hydrogen) atoms. The van der Waals surface area contributed by atoms with Crippen LogP contribution in [0.15, 0.2) is 66.7 Å². The van der Waals surface area contributed by atoms with Gasteiger partial charge >= 0.3 is 6.18 Å². The largest absolute Gasteiger partial charge is 0.497 e. The molecule has 7 heteroatoms. The molecule has 3 aromatic rings. The summed E-state index contributed by atoms with van der Waals surface area (Å²) in [5, 5.41) is 3.25. The quantitative estimate of drug-likeness (QED) is 0.553. The second kappa shape index (κ2) is 7.83. The van der Waals surface area contributed by atoms with Crippen LogP contribution >= 0.6 is 0 Å². The van der Waals surface area contributed by atoms with Gasteiger partial charge in [-0.05, 0) is 29.8 Å². The van der Waals surface area contributed by atoms with E-state index in [0.717, 1.165) is 12.1 Å². The molecule has 0 saturated heterocycles. The number of nitrogens with one attached hydrogen (secondary N) is 1. The van der Waals surface area contributed by atoms with Gasteiger partial charge in [0.1, 0.15) is 11.5 Å². The number of anilines is 1. The molecule has 4 nitrogen and oxygen atoms in total. The number of hydrogen-bond acceptors (Lipinski definition) is 4. The van der Waals surface area contributed by atoms with E-state index in [-0.39, 0.29) is 5.78 Å². The molecule has 1 N–H and O–H groups in total. The van der Waals surface area contributed by atoms with E-state index >= 15 is 0 Å². The summed E-state index contributed by atoms with van der Waals surface area (Å²) < 4.78 is 49.7. The number of benzene rings is 3. The lowest BCUT2D eigenvalue weighted by Gasteiger charge is -2.16. The van der Waals surface area contributed by atoms with Gasteiger partial charge in [-0.1, -0.05) is 36.4 Å². The molecule has 0 amide bonds. The van der Waals surface area contributed by atoms with Gasteiger partial charge in [0.2, 0.25) is 0 Å². The van der Waals surface area contributed by atoms with Gasteiger partial charge in [0.15, 0.2) is 5.78 Å². The number of methoxy groups -OCH3 is 2. The Bertz CT molecular complexity index is 1180. The van der Waals surface area contributed by atoms with E-state index in [1.165, 1.54) is 26.4 Å². The minimum absolute atomic E-state index is 0.264. The van der Waals surface area contributed by atoms with E-state index < -0.39 is 11.7 Å². The molecule has 0 fully saturated rings. The number of hydrogen-bond donors (Lipinski definition) is 1. The van der Waals surface area contributed by atoms with Gasteiger partial charge in [0, 0.05) is 17.2 Å². The molecule has 0 unspecified atom stereocenters. The number of rotatable bonds is 5. The minimum Gasteiger partial charge on any atom is -0.497 e. The normalized spacial score (nSPS) is 13.3. The van der Waals surface area contributed by atoms with E-state index in [2.05, 4.69) is 5.32 Å². The van der Waals surface area contributed by atoms with Crippen molar-refractivity contribution in [1.29, 1.82) is 0 Å². The van der Waals surface area contributed by atoms with Gasteiger partial charge in [-0.2, -0.15) is 13.2 Å². The van der Waals surface area contributed by atoms with Crippen LogP contribution in [-0.4, -0.2) is 20.0 Å². The zero-order chi connectivity index (χ0) is 22.2. The highest BCUT2D eigenvalue weighted by molar-refractivity contribution is 6.40. The maximum atomic E-state index is 13.2. The zero-order valence-electron chi connectivity index (χ0n) is 16.7. The maximum absolute atomic E-state index is 13.2. The van der Waals surface area contributed by atoms with Crippen LogP contribution in [0.2, 0.25) is 0 Å². The highest BCUT2D eigenvalue weighted by Gasteiger charge is 2.33. The van der Waals surface area contributed by atoms with Crippen molar-refractivity contribution in [2.45, 2.75) is 6.18 Å². The second-order valence-electron chi connectivity index (χ2n) is 6.89. The van der Waals surface area contributed by atoms with Gasteiger partial charge in [-0.3, -0.25) is 4.79 Å². The number of Topliss-reactive ketones (excluding diaryl/α,β-unsaturated/α-hetero) is 1. The topological polar surface area (TPSA) is 47.6 Å². The summed E-state index contributed by atoms with van der Waals surface area (Å²) in [6.07, 6.45) is -4.45. The lowest BCUT2D eigenvalue weighted by Crippen LogP contribution is -2.06. The minimum atomic E-state index is -4.45. The number of allylic oxidation sites excluding steroid dienone is 1. The van der Waals surface area contributed by atoms with Crippen molar-refractivity contribution in [3.8, 4) is 11.5 Å². The first-order valence-electron chi connectivity index (χ1n) is 9.38. The lowest BCUT2D eigenvalue weighted by atomic mass is 10.00. The highest BCUT2D eigenvalue weighted by Crippen LogP contribution is 2.41. The van der Waals surface area contributed by atoms with Crippen molar-refractivity contribution in [3.05, 3.63) is 89.0 Å². The molecular weight excluding hydrogens is 407 g/mol. The summed E-state index contributed by atoms with van der Waals surface area (Å²) in [6.45, 7) is 0. The molecule has 0 aliphatic heterocycles. The van der Waals surface area contributed by atoms with Gasteiger partial charge in [0.25, 0.3) is 0 Å². The smallest absolute Gasteiger partial charge is 0.416 e. The van der Waals surface area contributed by atoms with Crippen LogP contribution in [0.25, 0.3) is 11.3 Å². The fraction of sp³-hybridized carbons (Fsp3) is 0.125. The SMILES string of the molecule is COc1ccc(OC)c(NC2=C(c3ccc(C(F)(F)F)cc3)C(=O)c3ccccc32)c1. The molecule has 0 heterocycles. The van der Waals surface area contributed by atoms with Crippen molar-refractivity contribution < 1.29 is 27.4 Å². The fourth-order valence-corrected chi connectivity index (χ4v) is 3.56. The molecule has 0 spiro atoms. The van der Waals surface area contributed by atoms with Crippen LogP contribution in [0.4, 0.5) is 18.9 Å². The monoisotopic (exact) mass is 425 g/mol. The van der Waals surface area contributed by atoms with Crippen molar-refractivity contribution in [2.24, 2.45) is 0 Å². The first-order valence-corrected chi connectivity index (χ1v) is 9.38. The van der Waals surface area contributed by atoms with Gasteiger partial charge in [0.05, 0.1) is 36.7 Å². The molecule has 4 rings (SSSR count). The molecule has 0 saturated carbocycles. The summed E-state index contributed by atoms with van der Waals surface area (Å²) >= 11 is 0. The number of carbonyl (C=O) groups is 1.